The molecule has 2 heterocycles. The Balaban J connectivity index is 1.74. The maximum atomic E-state index is 12.2. The fraction of sp³-hybridized carbons (Fsp3) is 0.500. The zero-order valence-corrected chi connectivity index (χ0v) is 14.3. The molecule has 1 saturated heterocycles. The van der Waals surface area contributed by atoms with E-state index in [1.807, 2.05) is 36.1 Å². The van der Waals surface area contributed by atoms with Gasteiger partial charge in [0, 0.05) is 36.4 Å². The van der Waals surface area contributed by atoms with Crippen molar-refractivity contribution in [1.29, 1.82) is 0 Å². The zero-order valence-electron chi connectivity index (χ0n) is 14.3. The predicted octanol–water partition coefficient (Wildman–Crippen LogP) is 3.00. The number of aryl methyl sites for hydroxylation is 1. The normalized spacial score (nSPS) is 18.7. The van der Waals surface area contributed by atoms with Crippen LogP contribution in [0.1, 0.15) is 33.0 Å². The summed E-state index contributed by atoms with van der Waals surface area (Å²) < 4.78 is 0. The number of benzene rings is 1. The Morgan fingerprint density at radius 3 is 2.70 bits per heavy atom. The number of fused-ring (bicyclic) bond motifs is 1. The monoisotopic (exact) mass is 312 g/mol. The number of rotatable bonds is 3. The second-order valence-electron chi connectivity index (χ2n) is 7.26. The maximum absolute atomic E-state index is 12.2. The first kappa shape index (κ1) is 15.7. The van der Waals surface area contributed by atoms with E-state index in [4.69, 9.17) is 0 Å². The summed E-state index contributed by atoms with van der Waals surface area (Å²) in [6.45, 7) is 9.71. The number of carbonyl (C=O) groups is 1. The zero-order chi connectivity index (χ0) is 16.6. The third-order valence-electron chi connectivity index (χ3n) is 4.29. The van der Waals surface area contributed by atoms with E-state index in [2.05, 4.69) is 36.1 Å². The summed E-state index contributed by atoms with van der Waals surface area (Å²) in [5, 5.41) is 4.46. The van der Waals surface area contributed by atoms with Gasteiger partial charge in [-0.1, -0.05) is 12.1 Å². The lowest BCUT2D eigenvalue weighted by Gasteiger charge is -2.32. The molecule has 2 aromatic rings. The molecule has 0 bridgehead atoms. The summed E-state index contributed by atoms with van der Waals surface area (Å²) in [4.78, 5) is 23.1. The van der Waals surface area contributed by atoms with E-state index < -0.39 is 0 Å². The average Bonchev–Trinajstić information content (AvgIpc) is 2.86. The van der Waals surface area contributed by atoms with Gasteiger partial charge in [-0.05, 0) is 39.8 Å². The molecule has 0 aliphatic carbocycles. The summed E-state index contributed by atoms with van der Waals surface area (Å²) in [5.74, 6) is 2.17. The van der Waals surface area contributed by atoms with Crippen molar-refractivity contribution < 1.29 is 4.79 Å². The molecule has 1 unspecified atom stereocenters. The molecular weight excluding hydrogens is 288 g/mol. The maximum Gasteiger partial charge on any atom is 0.223 e. The Labute approximate surface area is 137 Å². The Hall–Kier alpha value is -2.17. The van der Waals surface area contributed by atoms with Crippen LogP contribution in [-0.4, -0.2) is 39.4 Å². The molecule has 1 aliphatic rings. The SMILES string of the molecule is Cc1nc(NCC2CC(=O)N(C(C)(C)C)C2)c2ccccc2n1. The molecule has 3 rings (SSSR count). The minimum absolute atomic E-state index is 0.107. The molecule has 122 valence electrons. The van der Waals surface area contributed by atoms with Gasteiger partial charge < -0.3 is 10.2 Å². The molecule has 0 radical (unpaired) electrons. The Bertz CT molecular complexity index is 735. The number of nitrogens with one attached hydrogen (secondary N) is 1. The molecule has 1 N–H and O–H groups in total. The van der Waals surface area contributed by atoms with Gasteiger partial charge in [0.15, 0.2) is 0 Å². The molecular formula is C18H24N4O. The highest BCUT2D eigenvalue weighted by atomic mass is 16.2. The lowest BCUT2D eigenvalue weighted by molar-refractivity contribution is -0.131. The van der Waals surface area contributed by atoms with Gasteiger partial charge in [-0.25, -0.2) is 9.97 Å². The predicted molar refractivity (Wildman–Crippen MR) is 92.3 cm³/mol. The van der Waals surface area contributed by atoms with E-state index in [9.17, 15) is 4.79 Å². The molecule has 0 saturated carbocycles. The van der Waals surface area contributed by atoms with E-state index in [1.165, 1.54) is 0 Å². The van der Waals surface area contributed by atoms with Crippen LogP contribution in [0.3, 0.4) is 0 Å². The lowest BCUT2D eigenvalue weighted by atomic mass is 10.1. The molecule has 1 atom stereocenters. The topological polar surface area (TPSA) is 58.1 Å². The molecule has 5 nitrogen and oxygen atoms in total. The smallest absolute Gasteiger partial charge is 0.223 e. The van der Waals surface area contributed by atoms with Gasteiger partial charge in [-0.2, -0.15) is 0 Å². The van der Waals surface area contributed by atoms with Crippen molar-refractivity contribution in [3.8, 4) is 0 Å². The quantitative estimate of drug-likeness (QED) is 0.946. The van der Waals surface area contributed by atoms with Crippen molar-refractivity contribution in [3.05, 3.63) is 30.1 Å². The molecule has 1 fully saturated rings. The number of amides is 1. The Morgan fingerprint density at radius 2 is 2.00 bits per heavy atom. The lowest BCUT2D eigenvalue weighted by Crippen LogP contribution is -2.42. The van der Waals surface area contributed by atoms with Gasteiger partial charge in [0.05, 0.1) is 5.52 Å². The largest absolute Gasteiger partial charge is 0.369 e. The molecule has 23 heavy (non-hydrogen) atoms. The number of likely N-dealkylation sites (tertiary alicyclic amines) is 1. The van der Waals surface area contributed by atoms with Crippen LogP contribution in [0, 0.1) is 12.8 Å². The standard InChI is InChI=1S/C18H24N4O/c1-12-20-15-8-6-5-7-14(15)17(21-12)19-10-13-9-16(23)22(11-13)18(2,3)4/h5-8,13H,9-11H2,1-4H3,(H,19,20,21). The number of nitrogens with zero attached hydrogens (tertiary/aromatic N) is 3. The average molecular weight is 312 g/mol. The third-order valence-corrected chi connectivity index (χ3v) is 4.29. The number of hydrogen-bond donors (Lipinski definition) is 1. The van der Waals surface area contributed by atoms with E-state index in [-0.39, 0.29) is 11.4 Å². The highest BCUT2D eigenvalue weighted by Crippen LogP contribution is 2.27. The number of aromatic nitrogens is 2. The van der Waals surface area contributed by atoms with E-state index in [0.717, 1.165) is 35.6 Å². The molecule has 5 heteroatoms. The van der Waals surface area contributed by atoms with Crippen molar-refractivity contribution in [1.82, 2.24) is 14.9 Å². The fourth-order valence-corrected chi connectivity index (χ4v) is 3.13. The number of hydrogen-bond acceptors (Lipinski definition) is 4. The first-order valence-corrected chi connectivity index (χ1v) is 8.12. The third kappa shape index (κ3) is 3.28. The van der Waals surface area contributed by atoms with Crippen molar-refractivity contribution in [2.24, 2.45) is 5.92 Å². The second kappa shape index (κ2) is 5.80. The van der Waals surface area contributed by atoms with Crippen LogP contribution in [0.25, 0.3) is 10.9 Å². The molecule has 1 aromatic carbocycles. The second-order valence-corrected chi connectivity index (χ2v) is 7.26. The van der Waals surface area contributed by atoms with Crippen LogP contribution in [0.4, 0.5) is 5.82 Å². The summed E-state index contributed by atoms with van der Waals surface area (Å²) in [6, 6.07) is 8.00. The van der Waals surface area contributed by atoms with Crippen LogP contribution >= 0.6 is 0 Å². The van der Waals surface area contributed by atoms with Gasteiger partial charge in [-0.15, -0.1) is 0 Å². The minimum Gasteiger partial charge on any atom is -0.369 e. The van der Waals surface area contributed by atoms with Crippen LogP contribution in [0.5, 0.6) is 0 Å². The number of carbonyl (C=O) groups excluding carboxylic acids is 1. The first-order valence-electron chi connectivity index (χ1n) is 8.12. The van der Waals surface area contributed by atoms with Gasteiger partial charge in [0.25, 0.3) is 0 Å². The number of anilines is 1. The fourth-order valence-electron chi connectivity index (χ4n) is 3.13. The molecule has 1 aliphatic heterocycles. The minimum atomic E-state index is -0.107. The van der Waals surface area contributed by atoms with E-state index in [0.29, 0.717) is 12.3 Å². The Kier molecular flexibility index (Phi) is 3.96. The van der Waals surface area contributed by atoms with Crippen LogP contribution in [0.2, 0.25) is 0 Å². The summed E-state index contributed by atoms with van der Waals surface area (Å²) >= 11 is 0. The molecule has 0 spiro atoms. The first-order chi connectivity index (χ1) is 10.8. The van der Waals surface area contributed by atoms with Crippen LogP contribution < -0.4 is 5.32 Å². The van der Waals surface area contributed by atoms with E-state index >= 15 is 0 Å². The summed E-state index contributed by atoms with van der Waals surface area (Å²) in [6.07, 6.45) is 0.603. The highest BCUT2D eigenvalue weighted by Gasteiger charge is 2.35. The van der Waals surface area contributed by atoms with Gasteiger partial charge in [-0.3, -0.25) is 4.79 Å². The molecule has 1 amide bonds. The van der Waals surface area contributed by atoms with Gasteiger partial charge in [0.1, 0.15) is 11.6 Å². The van der Waals surface area contributed by atoms with Crippen molar-refractivity contribution >= 4 is 22.6 Å². The Morgan fingerprint density at radius 1 is 1.26 bits per heavy atom. The van der Waals surface area contributed by atoms with Crippen molar-refractivity contribution in [3.63, 3.8) is 0 Å². The van der Waals surface area contributed by atoms with Gasteiger partial charge in [0.2, 0.25) is 5.91 Å². The van der Waals surface area contributed by atoms with E-state index in [1.54, 1.807) is 0 Å². The molecule has 1 aromatic heterocycles. The highest BCUT2D eigenvalue weighted by molar-refractivity contribution is 5.89. The van der Waals surface area contributed by atoms with Crippen LogP contribution in [-0.2, 0) is 4.79 Å². The number of para-hydroxylation sites is 1. The summed E-state index contributed by atoms with van der Waals surface area (Å²) in [7, 11) is 0. The van der Waals surface area contributed by atoms with Crippen molar-refractivity contribution in [2.45, 2.75) is 39.7 Å². The van der Waals surface area contributed by atoms with Crippen molar-refractivity contribution in [2.75, 3.05) is 18.4 Å². The van der Waals surface area contributed by atoms with Gasteiger partial charge >= 0.3 is 0 Å². The van der Waals surface area contributed by atoms with Crippen LogP contribution in [0.15, 0.2) is 24.3 Å². The summed E-state index contributed by atoms with van der Waals surface area (Å²) in [5.41, 5.74) is 0.839.